The minimum Gasteiger partial charge on any atom is -0.501 e. The fourth-order valence-corrected chi connectivity index (χ4v) is 3.68. The van der Waals surface area contributed by atoms with Crippen molar-refractivity contribution in [1.29, 1.82) is 0 Å². The fourth-order valence-electron chi connectivity index (χ4n) is 2.72. The van der Waals surface area contributed by atoms with Gasteiger partial charge >= 0.3 is 5.97 Å². The molecule has 5 nitrogen and oxygen atoms in total. The minimum atomic E-state index is -1.00. The molecule has 0 aromatic heterocycles. The number of methoxy groups -OCH3 is 1. The molecule has 0 atom stereocenters. The number of fused-ring (bicyclic) bond motifs is 2. The third-order valence-electron chi connectivity index (χ3n) is 4.10. The first-order valence-corrected chi connectivity index (χ1v) is 8.62. The molecule has 1 aromatic carbocycles. The summed E-state index contributed by atoms with van der Waals surface area (Å²) in [5.74, 6) is -0.536. The third-order valence-corrected chi connectivity index (χ3v) is 5.09. The molecule has 0 fully saturated rings. The second-order valence-corrected chi connectivity index (χ2v) is 6.62. The zero-order valence-corrected chi connectivity index (χ0v) is 14.4. The molecule has 1 heterocycles. The Hall–Kier alpha value is -2.60. The Labute approximate surface area is 149 Å². The topological polar surface area (TPSA) is 80.7 Å². The molecule has 2 aliphatic rings. The van der Waals surface area contributed by atoms with E-state index in [2.05, 4.69) is 0 Å². The van der Waals surface area contributed by atoms with Crippen LogP contribution in [-0.2, 0) is 9.53 Å². The molecule has 0 saturated carbocycles. The summed E-state index contributed by atoms with van der Waals surface area (Å²) in [6, 6.07) is 4.90. The molecule has 1 N–H and O–H groups in total. The smallest absolute Gasteiger partial charge is 0.303 e. The summed E-state index contributed by atoms with van der Waals surface area (Å²) in [6.07, 6.45) is 3.85. The number of allylic oxidation sites excluding steroid dienone is 4. The van der Waals surface area contributed by atoms with Crippen molar-refractivity contribution in [2.75, 3.05) is 7.11 Å². The molecule has 3 rings (SSSR count). The minimum absolute atomic E-state index is 0.0555. The van der Waals surface area contributed by atoms with Crippen LogP contribution in [0.1, 0.15) is 40.0 Å². The van der Waals surface area contributed by atoms with Gasteiger partial charge in [0.25, 0.3) is 0 Å². The van der Waals surface area contributed by atoms with Crippen LogP contribution in [0.15, 0.2) is 57.6 Å². The molecule has 128 valence electrons. The van der Waals surface area contributed by atoms with Crippen LogP contribution >= 0.6 is 11.8 Å². The zero-order chi connectivity index (χ0) is 18.0. The Balaban J connectivity index is 1.91. The molecule has 0 bridgehead atoms. The Morgan fingerprint density at radius 1 is 1.24 bits per heavy atom. The predicted octanol–water partition coefficient (Wildman–Crippen LogP) is 3.77. The number of rotatable bonds is 5. The van der Waals surface area contributed by atoms with Gasteiger partial charge in [-0.1, -0.05) is 17.8 Å². The molecule has 0 spiro atoms. The molecule has 1 aromatic rings. The fraction of sp³-hybridized carbons (Fsp3) is 0.211. The number of carbonyl (C=O) groups is 3. The van der Waals surface area contributed by atoms with Crippen LogP contribution in [0.25, 0.3) is 0 Å². The number of hydrogen-bond acceptors (Lipinski definition) is 5. The number of Topliss-reactive ketones (excluding diaryl/α,β-unsaturated/α-hetero) is 2. The van der Waals surface area contributed by atoms with Crippen LogP contribution in [0.4, 0.5) is 0 Å². The van der Waals surface area contributed by atoms with Gasteiger partial charge in [0.15, 0.2) is 11.6 Å². The lowest BCUT2D eigenvalue weighted by molar-refractivity contribution is -0.136. The van der Waals surface area contributed by atoms with Crippen LogP contribution in [0.3, 0.4) is 0 Å². The Morgan fingerprint density at radius 3 is 2.76 bits per heavy atom. The van der Waals surface area contributed by atoms with E-state index < -0.39 is 5.97 Å². The van der Waals surface area contributed by atoms with Crippen LogP contribution in [-0.4, -0.2) is 29.8 Å². The maximum Gasteiger partial charge on any atom is 0.303 e. The van der Waals surface area contributed by atoms with Crippen LogP contribution in [0.2, 0.25) is 0 Å². The number of aliphatic carboxylic acids is 1. The Morgan fingerprint density at radius 2 is 2.04 bits per heavy atom. The average Bonchev–Trinajstić information content (AvgIpc) is 2.76. The van der Waals surface area contributed by atoms with E-state index in [4.69, 9.17) is 9.84 Å². The van der Waals surface area contributed by atoms with Crippen molar-refractivity contribution in [2.24, 2.45) is 0 Å². The molecule has 6 heteroatoms. The first-order valence-electron chi connectivity index (χ1n) is 7.74. The first-order chi connectivity index (χ1) is 12.0. The number of hydrogen-bond donors (Lipinski definition) is 1. The maximum absolute atomic E-state index is 12.8. The molecule has 0 amide bonds. The normalized spacial score (nSPS) is 15.9. The summed E-state index contributed by atoms with van der Waals surface area (Å²) in [4.78, 5) is 36.3. The molecule has 0 radical (unpaired) electrons. The van der Waals surface area contributed by atoms with Crippen molar-refractivity contribution in [2.45, 2.75) is 24.2 Å². The van der Waals surface area contributed by atoms with Gasteiger partial charge in [-0.3, -0.25) is 14.4 Å². The lowest BCUT2D eigenvalue weighted by atomic mass is 9.91. The molecule has 1 aliphatic carbocycles. The summed E-state index contributed by atoms with van der Waals surface area (Å²) in [7, 11) is 1.60. The number of carbonyl (C=O) groups excluding carboxylic acids is 2. The highest BCUT2D eigenvalue weighted by molar-refractivity contribution is 8.02. The number of ketones is 2. The van der Waals surface area contributed by atoms with E-state index >= 15 is 0 Å². The van der Waals surface area contributed by atoms with Crippen molar-refractivity contribution in [3.63, 3.8) is 0 Å². The second kappa shape index (κ2) is 7.11. The van der Waals surface area contributed by atoms with Gasteiger partial charge < -0.3 is 9.84 Å². The summed E-state index contributed by atoms with van der Waals surface area (Å²) in [5, 5.41) is 10.6. The van der Waals surface area contributed by atoms with E-state index in [1.165, 1.54) is 11.8 Å². The molecule has 25 heavy (non-hydrogen) atoms. The Bertz CT molecular complexity index is 861. The van der Waals surface area contributed by atoms with E-state index in [1.807, 2.05) is 5.41 Å². The summed E-state index contributed by atoms with van der Waals surface area (Å²) >= 11 is 1.39. The maximum atomic E-state index is 12.8. The lowest BCUT2D eigenvalue weighted by Gasteiger charge is -2.15. The number of carboxylic acid groups (broad SMARTS) is 1. The van der Waals surface area contributed by atoms with Gasteiger partial charge in [-0.15, -0.1) is 0 Å². The molecule has 0 saturated heterocycles. The molecule has 0 unspecified atom stereocenters. The lowest BCUT2D eigenvalue weighted by Crippen LogP contribution is -2.10. The summed E-state index contributed by atoms with van der Waals surface area (Å²) in [6.45, 7) is 0. The summed E-state index contributed by atoms with van der Waals surface area (Å²) < 4.78 is 5.25. The zero-order valence-electron chi connectivity index (χ0n) is 13.6. The largest absolute Gasteiger partial charge is 0.501 e. The van der Waals surface area contributed by atoms with E-state index in [0.29, 0.717) is 28.0 Å². The van der Waals surface area contributed by atoms with Crippen LogP contribution in [0, 0.1) is 0 Å². The van der Waals surface area contributed by atoms with Gasteiger partial charge in [0.05, 0.1) is 19.3 Å². The summed E-state index contributed by atoms with van der Waals surface area (Å²) in [5.41, 5.74) is 2.50. The highest BCUT2D eigenvalue weighted by atomic mass is 32.2. The van der Waals surface area contributed by atoms with Crippen molar-refractivity contribution in [3.8, 4) is 0 Å². The average molecular weight is 356 g/mol. The SMILES string of the molecule is COC1=CC=C2C(=O)c3ccc(C(=O)CCC(=O)O)cc3SC=C2C1. The van der Waals surface area contributed by atoms with Gasteiger partial charge in [-0.2, -0.15) is 0 Å². The number of carboxylic acids is 1. The van der Waals surface area contributed by atoms with Gasteiger partial charge in [0, 0.05) is 34.4 Å². The number of thioether (sulfide) groups is 1. The molecular formula is C19H16O5S. The van der Waals surface area contributed by atoms with Gasteiger partial charge in [-0.05, 0) is 35.3 Å². The van der Waals surface area contributed by atoms with E-state index in [0.717, 1.165) is 11.3 Å². The standard InChI is InChI=1S/C19H16O5S/c1-24-13-3-5-14-12(8-13)10-25-17-9-11(2-4-15(17)19(14)23)16(20)6-7-18(21)22/h2-5,9-10H,6-8H2,1H3,(H,21,22). The predicted molar refractivity (Wildman–Crippen MR) is 93.7 cm³/mol. The van der Waals surface area contributed by atoms with Gasteiger partial charge in [0.1, 0.15) is 0 Å². The monoisotopic (exact) mass is 356 g/mol. The number of benzene rings is 1. The number of ether oxygens (including phenoxy) is 1. The second-order valence-electron chi connectivity index (χ2n) is 5.71. The van der Waals surface area contributed by atoms with Crippen molar-refractivity contribution < 1.29 is 24.2 Å². The van der Waals surface area contributed by atoms with E-state index in [9.17, 15) is 14.4 Å². The van der Waals surface area contributed by atoms with Crippen molar-refractivity contribution in [1.82, 2.24) is 0 Å². The molecular weight excluding hydrogens is 340 g/mol. The highest BCUT2D eigenvalue weighted by Gasteiger charge is 2.26. The van der Waals surface area contributed by atoms with Crippen LogP contribution < -0.4 is 0 Å². The van der Waals surface area contributed by atoms with E-state index in [-0.39, 0.29) is 24.4 Å². The van der Waals surface area contributed by atoms with E-state index in [1.54, 1.807) is 37.5 Å². The van der Waals surface area contributed by atoms with Crippen molar-refractivity contribution in [3.05, 3.63) is 63.8 Å². The van der Waals surface area contributed by atoms with Crippen LogP contribution in [0.5, 0.6) is 0 Å². The third kappa shape index (κ3) is 3.58. The first kappa shape index (κ1) is 17.2. The van der Waals surface area contributed by atoms with Gasteiger partial charge in [-0.25, -0.2) is 0 Å². The van der Waals surface area contributed by atoms with Crippen molar-refractivity contribution >= 4 is 29.3 Å². The van der Waals surface area contributed by atoms with Gasteiger partial charge in [0.2, 0.25) is 0 Å². The Kier molecular flexibility index (Phi) is 4.90. The highest BCUT2D eigenvalue weighted by Crippen LogP contribution is 2.38. The quantitative estimate of drug-likeness (QED) is 0.809. The molecule has 1 aliphatic heterocycles.